The largest absolute Gasteiger partial charge is 0.389 e. The van der Waals surface area contributed by atoms with Gasteiger partial charge in [0.25, 0.3) is 0 Å². The van der Waals surface area contributed by atoms with E-state index in [0.717, 1.165) is 4.88 Å². The van der Waals surface area contributed by atoms with Gasteiger partial charge in [0, 0.05) is 6.61 Å². The number of thiophene rings is 1. The lowest BCUT2D eigenvalue weighted by molar-refractivity contribution is 0.0144. The molecule has 2 rings (SSSR count). The number of aromatic nitrogens is 4. The number of hydrogen-bond acceptors (Lipinski definition) is 6. The van der Waals surface area contributed by atoms with Gasteiger partial charge in [0.2, 0.25) is 5.82 Å². The standard InChI is InChI=1S/C12H18N4O2S/c1-9(2)7-18-8-10(17)6-16-14-12(13-15-16)11-4-3-5-19-11/h3-5,9-10,17H,6-8H2,1-2H3. The summed E-state index contributed by atoms with van der Waals surface area (Å²) >= 11 is 1.56. The molecule has 0 amide bonds. The average molecular weight is 282 g/mol. The summed E-state index contributed by atoms with van der Waals surface area (Å²) < 4.78 is 5.37. The van der Waals surface area contributed by atoms with Gasteiger partial charge in [-0.25, -0.2) is 0 Å². The Labute approximate surface area is 116 Å². The molecule has 2 aromatic rings. The number of ether oxygens (including phenoxy) is 1. The normalized spacial score (nSPS) is 13.1. The molecule has 0 aliphatic carbocycles. The van der Waals surface area contributed by atoms with Crippen molar-refractivity contribution in [1.29, 1.82) is 0 Å². The van der Waals surface area contributed by atoms with Crippen LogP contribution in [-0.4, -0.2) is 44.6 Å². The van der Waals surface area contributed by atoms with Crippen LogP contribution in [0.1, 0.15) is 13.8 Å². The Kier molecular flexibility index (Phi) is 5.00. The van der Waals surface area contributed by atoms with Crippen LogP contribution in [0.4, 0.5) is 0 Å². The van der Waals surface area contributed by atoms with Crippen molar-refractivity contribution in [2.75, 3.05) is 13.2 Å². The summed E-state index contributed by atoms with van der Waals surface area (Å²) in [7, 11) is 0. The summed E-state index contributed by atoms with van der Waals surface area (Å²) in [4.78, 5) is 2.37. The number of aliphatic hydroxyl groups excluding tert-OH is 1. The molecule has 0 aromatic carbocycles. The highest BCUT2D eigenvalue weighted by Gasteiger charge is 2.11. The molecule has 0 aliphatic heterocycles. The zero-order valence-electron chi connectivity index (χ0n) is 11.1. The van der Waals surface area contributed by atoms with Crippen LogP contribution in [0.25, 0.3) is 10.7 Å². The van der Waals surface area contributed by atoms with Gasteiger partial charge >= 0.3 is 0 Å². The van der Waals surface area contributed by atoms with Gasteiger partial charge in [-0.15, -0.1) is 21.5 Å². The maximum absolute atomic E-state index is 9.80. The number of tetrazole rings is 1. The first-order valence-electron chi connectivity index (χ1n) is 6.22. The Morgan fingerprint density at radius 1 is 1.42 bits per heavy atom. The fourth-order valence-corrected chi connectivity index (χ4v) is 2.15. The molecular formula is C12H18N4O2S. The monoisotopic (exact) mass is 282 g/mol. The summed E-state index contributed by atoms with van der Waals surface area (Å²) in [5.41, 5.74) is 0. The predicted octanol–water partition coefficient (Wildman–Crippen LogP) is 1.44. The first kappa shape index (κ1) is 14.1. The summed E-state index contributed by atoms with van der Waals surface area (Å²) in [6.07, 6.45) is -0.621. The van der Waals surface area contributed by atoms with E-state index >= 15 is 0 Å². The average Bonchev–Trinajstić information content (AvgIpc) is 2.97. The van der Waals surface area contributed by atoms with Gasteiger partial charge in [-0.2, -0.15) is 4.80 Å². The molecule has 0 bridgehead atoms. The van der Waals surface area contributed by atoms with E-state index in [0.29, 0.717) is 18.3 Å². The Hall–Kier alpha value is -1.31. The molecule has 7 heteroatoms. The van der Waals surface area contributed by atoms with Crippen LogP contribution in [0.5, 0.6) is 0 Å². The highest BCUT2D eigenvalue weighted by molar-refractivity contribution is 7.13. The Balaban J connectivity index is 1.83. The van der Waals surface area contributed by atoms with Gasteiger partial charge in [-0.05, 0) is 22.6 Å². The van der Waals surface area contributed by atoms with Gasteiger partial charge in [0.1, 0.15) is 0 Å². The molecule has 2 aromatic heterocycles. The molecule has 2 heterocycles. The zero-order valence-corrected chi connectivity index (χ0v) is 11.9. The van der Waals surface area contributed by atoms with Crippen molar-refractivity contribution < 1.29 is 9.84 Å². The molecule has 19 heavy (non-hydrogen) atoms. The Bertz CT molecular complexity index is 484. The maximum atomic E-state index is 9.80. The quantitative estimate of drug-likeness (QED) is 0.831. The molecule has 0 saturated heterocycles. The van der Waals surface area contributed by atoms with E-state index in [2.05, 4.69) is 29.3 Å². The van der Waals surface area contributed by atoms with Crippen molar-refractivity contribution in [1.82, 2.24) is 20.2 Å². The van der Waals surface area contributed by atoms with Crippen molar-refractivity contribution in [2.45, 2.75) is 26.5 Å². The molecule has 0 fully saturated rings. The number of aliphatic hydroxyl groups is 1. The van der Waals surface area contributed by atoms with Crippen molar-refractivity contribution in [3.8, 4) is 10.7 Å². The zero-order chi connectivity index (χ0) is 13.7. The number of nitrogens with zero attached hydrogens (tertiary/aromatic N) is 4. The van der Waals surface area contributed by atoms with Crippen LogP contribution in [0.2, 0.25) is 0 Å². The molecule has 6 nitrogen and oxygen atoms in total. The Morgan fingerprint density at radius 2 is 2.26 bits per heavy atom. The third-order valence-electron chi connectivity index (χ3n) is 2.33. The van der Waals surface area contributed by atoms with Crippen molar-refractivity contribution in [2.24, 2.45) is 5.92 Å². The van der Waals surface area contributed by atoms with E-state index in [1.807, 2.05) is 17.5 Å². The van der Waals surface area contributed by atoms with Crippen LogP contribution in [-0.2, 0) is 11.3 Å². The van der Waals surface area contributed by atoms with Gasteiger partial charge in [0.15, 0.2) is 0 Å². The minimum absolute atomic E-state index is 0.286. The third kappa shape index (κ3) is 4.38. The van der Waals surface area contributed by atoms with Crippen LogP contribution >= 0.6 is 11.3 Å². The van der Waals surface area contributed by atoms with Crippen LogP contribution < -0.4 is 0 Å². The predicted molar refractivity (Wildman–Crippen MR) is 72.8 cm³/mol. The Morgan fingerprint density at radius 3 is 2.95 bits per heavy atom. The second-order valence-electron chi connectivity index (χ2n) is 4.73. The van der Waals surface area contributed by atoms with E-state index < -0.39 is 6.10 Å². The van der Waals surface area contributed by atoms with Crippen LogP contribution in [0.15, 0.2) is 17.5 Å². The molecule has 0 spiro atoms. The van der Waals surface area contributed by atoms with Gasteiger partial charge < -0.3 is 9.84 Å². The van der Waals surface area contributed by atoms with Gasteiger partial charge in [-0.1, -0.05) is 19.9 Å². The molecule has 0 aliphatic rings. The molecular weight excluding hydrogens is 264 g/mol. The summed E-state index contributed by atoms with van der Waals surface area (Å²) in [6.45, 7) is 5.35. The lowest BCUT2D eigenvalue weighted by Gasteiger charge is -2.11. The van der Waals surface area contributed by atoms with E-state index in [-0.39, 0.29) is 13.2 Å². The van der Waals surface area contributed by atoms with E-state index in [9.17, 15) is 5.11 Å². The molecule has 104 valence electrons. The lowest BCUT2D eigenvalue weighted by Crippen LogP contribution is -2.24. The van der Waals surface area contributed by atoms with Crippen molar-refractivity contribution in [3.63, 3.8) is 0 Å². The number of hydrogen-bond donors (Lipinski definition) is 1. The molecule has 1 unspecified atom stereocenters. The maximum Gasteiger partial charge on any atom is 0.214 e. The smallest absolute Gasteiger partial charge is 0.214 e. The first-order valence-corrected chi connectivity index (χ1v) is 7.10. The van der Waals surface area contributed by atoms with Crippen LogP contribution in [0, 0.1) is 5.92 Å². The second kappa shape index (κ2) is 6.74. The fraction of sp³-hybridized carbons (Fsp3) is 0.583. The topological polar surface area (TPSA) is 73.1 Å². The molecule has 1 atom stereocenters. The highest BCUT2D eigenvalue weighted by Crippen LogP contribution is 2.19. The summed E-state index contributed by atoms with van der Waals surface area (Å²) in [5.74, 6) is 1.05. The number of rotatable bonds is 7. The third-order valence-corrected chi connectivity index (χ3v) is 3.20. The van der Waals surface area contributed by atoms with E-state index in [1.54, 1.807) is 11.3 Å². The van der Waals surface area contributed by atoms with Crippen LogP contribution in [0.3, 0.4) is 0 Å². The van der Waals surface area contributed by atoms with E-state index in [1.165, 1.54) is 4.80 Å². The summed E-state index contributed by atoms with van der Waals surface area (Å²) in [5, 5.41) is 23.9. The molecule has 1 N–H and O–H groups in total. The minimum Gasteiger partial charge on any atom is -0.389 e. The first-order chi connectivity index (χ1) is 9.15. The molecule has 0 saturated carbocycles. The lowest BCUT2D eigenvalue weighted by atomic mass is 10.2. The van der Waals surface area contributed by atoms with E-state index in [4.69, 9.17) is 4.74 Å². The second-order valence-corrected chi connectivity index (χ2v) is 5.68. The van der Waals surface area contributed by atoms with Crippen molar-refractivity contribution >= 4 is 11.3 Å². The molecule has 0 radical (unpaired) electrons. The van der Waals surface area contributed by atoms with Crippen molar-refractivity contribution in [3.05, 3.63) is 17.5 Å². The van der Waals surface area contributed by atoms with Gasteiger partial charge in [0.05, 0.1) is 24.1 Å². The summed E-state index contributed by atoms with van der Waals surface area (Å²) in [6, 6.07) is 3.88. The SMILES string of the molecule is CC(C)COCC(O)Cn1nnc(-c2cccs2)n1. The van der Waals surface area contributed by atoms with Gasteiger partial charge in [-0.3, -0.25) is 0 Å². The minimum atomic E-state index is -0.621. The fourth-order valence-electron chi connectivity index (χ4n) is 1.51. The highest BCUT2D eigenvalue weighted by atomic mass is 32.1.